The molecule has 1 aromatic heterocycles. The molecule has 0 aliphatic heterocycles. The van der Waals surface area contributed by atoms with Crippen LogP contribution in [0.5, 0.6) is 0 Å². The minimum absolute atomic E-state index is 0.409. The quantitative estimate of drug-likeness (QED) is 0.797. The number of fused-ring (bicyclic) bond motifs is 1. The lowest BCUT2D eigenvalue weighted by Gasteiger charge is -2.18. The Labute approximate surface area is 96.3 Å². The second-order valence-corrected chi connectivity index (χ2v) is 5.09. The highest BCUT2D eigenvalue weighted by Gasteiger charge is 2.22. The van der Waals surface area contributed by atoms with Crippen LogP contribution >= 0.6 is 0 Å². The molecular weight excluding hydrogens is 198 g/mol. The van der Waals surface area contributed by atoms with Crippen LogP contribution in [0.3, 0.4) is 0 Å². The minimum atomic E-state index is -0.409. The Bertz CT molecular complexity index is 544. The first-order valence-corrected chi connectivity index (χ1v) is 5.54. The molecule has 3 nitrogen and oxygen atoms in total. The van der Waals surface area contributed by atoms with E-state index < -0.39 is 5.54 Å². The third-order valence-corrected chi connectivity index (χ3v) is 3.14. The second-order valence-electron chi connectivity index (χ2n) is 5.09. The predicted molar refractivity (Wildman–Crippen MR) is 67.4 cm³/mol. The van der Waals surface area contributed by atoms with E-state index in [9.17, 15) is 0 Å². The molecule has 0 saturated carbocycles. The van der Waals surface area contributed by atoms with Crippen molar-refractivity contribution in [3.05, 3.63) is 29.1 Å². The van der Waals surface area contributed by atoms with E-state index in [4.69, 9.17) is 5.73 Å². The highest BCUT2D eigenvalue weighted by molar-refractivity contribution is 5.81. The maximum Gasteiger partial charge on any atom is 0.129 e. The molecule has 0 radical (unpaired) electrons. The lowest BCUT2D eigenvalue weighted by atomic mass is 10.1. The molecule has 0 aliphatic rings. The van der Waals surface area contributed by atoms with Gasteiger partial charge in [0.05, 0.1) is 16.6 Å². The number of rotatable bonds is 1. The third kappa shape index (κ3) is 1.52. The first-order valence-electron chi connectivity index (χ1n) is 5.54. The van der Waals surface area contributed by atoms with Crippen molar-refractivity contribution in [2.24, 2.45) is 12.8 Å². The van der Waals surface area contributed by atoms with Crippen molar-refractivity contribution in [1.82, 2.24) is 9.55 Å². The van der Waals surface area contributed by atoms with Crippen molar-refractivity contribution in [3.63, 3.8) is 0 Å². The summed E-state index contributed by atoms with van der Waals surface area (Å²) in [6, 6.07) is 4.17. The lowest BCUT2D eigenvalue weighted by Crippen LogP contribution is -2.32. The molecule has 0 fully saturated rings. The molecule has 1 heterocycles. The van der Waals surface area contributed by atoms with Crippen molar-refractivity contribution in [2.45, 2.75) is 33.2 Å². The van der Waals surface area contributed by atoms with Gasteiger partial charge in [0.1, 0.15) is 5.82 Å². The number of hydrogen-bond acceptors (Lipinski definition) is 2. The number of imidazole rings is 1. The lowest BCUT2D eigenvalue weighted by molar-refractivity contribution is 0.497. The Morgan fingerprint density at radius 1 is 1.25 bits per heavy atom. The topological polar surface area (TPSA) is 43.8 Å². The van der Waals surface area contributed by atoms with Gasteiger partial charge in [-0.05, 0) is 44.9 Å². The van der Waals surface area contributed by atoms with Gasteiger partial charge in [-0.3, -0.25) is 0 Å². The zero-order chi connectivity index (χ0) is 12.1. The molecule has 0 unspecified atom stereocenters. The summed E-state index contributed by atoms with van der Waals surface area (Å²) in [4.78, 5) is 4.62. The zero-order valence-corrected chi connectivity index (χ0v) is 10.6. The fourth-order valence-electron chi connectivity index (χ4n) is 2.17. The Morgan fingerprint density at radius 2 is 1.88 bits per heavy atom. The highest BCUT2D eigenvalue weighted by Crippen LogP contribution is 2.25. The summed E-state index contributed by atoms with van der Waals surface area (Å²) in [5.74, 6) is 0.927. The fourth-order valence-corrected chi connectivity index (χ4v) is 2.17. The van der Waals surface area contributed by atoms with Crippen molar-refractivity contribution < 1.29 is 0 Å². The normalized spacial score (nSPS) is 12.4. The van der Waals surface area contributed by atoms with Crippen LogP contribution in [-0.2, 0) is 12.6 Å². The molecule has 0 saturated heterocycles. The largest absolute Gasteiger partial charge is 0.329 e. The van der Waals surface area contributed by atoms with E-state index in [2.05, 4.69) is 35.5 Å². The van der Waals surface area contributed by atoms with Gasteiger partial charge >= 0.3 is 0 Å². The zero-order valence-electron chi connectivity index (χ0n) is 10.6. The van der Waals surface area contributed by atoms with Gasteiger partial charge in [-0.25, -0.2) is 4.98 Å². The van der Waals surface area contributed by atoms with Gasteiger partial charge in [-0.1, -0.05) is 6.07 Å². The van der Waals surface area contributed by atoms with Crippen LogP contribution in [0.2, 0.25) is 0 Å². The molecule has 86 valence electrons. The Hall–Kier alpha value is -1.35. The van der Waals surface area contributed by atoms with Crippen LogP contribution in [-0.4, -0.2) is 9.55 Å². The Morgan fingerprint density at radius 3 is 2.44 bits per heavy atom. The third-order valence-electron chi connectivity index (χ3n) is 3.14. The molecule has 0 atom stereocenters. The van der Waals surface area contributed by atoms with Crippen molar-refractivity contribution in [2.75, 3.05) is 0 Å². The van der Waals surface area contributed by atoms with E-state index in [1.807, 2.05) is 20.9 Å². The summed E-state index contributed by atoms with van der Waals surface area (Å²) in [6.07, 6.45) is 0. The molecule has 0 amide bonds. The number of hydrogen-bond donors (Lipinski definition) is 1. The number of benzene rings is 1. The van der Waals surface area contributed by atoms with Crippen LogP contribution in [0.15, 0.2) is 12.1 Å². The smallest absolute Gasteiger partial charge is 0.129 e. The van der Waals surface area contributed by atoms with Crippen LogP contribution in [0.1, 0.15) is 30.8 Å². The molecule has 3 heteroatoms. The van der Waals surface area contributed by atoms with Gasteiger partial charge in [0.15, 0.2) is 0 Å². The van der Waals surface area contributed by atoms with E-state index in [-0.39, 0.29) is 0 Å². The number of nitrogens with zero attached hydrogens (tertiary/aromatic N) is 2. The van der Waals surface area contributed by atoms with Gasteiger partial charge in [-0.2, -0.15) is 0 Å². The first-order chi connectivity index (χ1) is 7.32. The molecule has 2 N–H and O–H groups in total. The standard InChI is InChI=1S/C13H19N3/c1-8-6-7-10-11(9(8)2)16(5)12(15-10)13(3,4)14/h6-7H,14H2,1-5H3. The van der Waals surface area contributed by atoms with Crippen molar-refractivity contribution in [1.29, 1.82) is 0 Å². The monoisotopic (exact) mass is 217 g/mol. The number of aromatic nitrogens is 2. The molecule has 0 spiro atoms. The van der Waals surface area contributed by atoms with Crippen LogP contribution in [0.4, 0.5) is 0 Å². The molecular formula is C13H19N3. The second kappa shape index (κ2) is 3.32. The van der Waals surface area contributed by atoms with Crippen LogP contribution < -0.4 is 5.73 Å². The van der Waals surface area contributed by atoms with Gasteiger partial charge in [-0.15, -0.1) is 0 Å². The molecule has 2 rings (SSSR count). The van der Waals surface area contributed by atoms with Crippen LogP contribution in [0, 0.1) is 13.8 Å². The SMILES string of the molecule is Cc1ccc2nc(C(C)(C)N)n(C)c2c1C. The summed E-state index contributed by atoms with van der Waals surface area (Å²) in [6.45, 7) is 8.22. The highest BCUT2D eigenvalue weighted by atomic mass is 15.1. The average Bonchev–Trinajstić information content (AvgIpc) is 2.50. The molecule has 2 aromatic rings. The summed E-state index contributed by atoms with van der Waals surface area (Å²) in [5, 5.41) is 0. The summed E-state index contributed by atoms with van der Waals surface area (Å²) in [5.41, 5.74) is 10.5. The van der Waals surface area contributed by atoms with Gasteiger partial charge in [0.2, 0.25) is 0 Å². The fraction of sp³-hybridized carbons (Fsp3) is 0.462. The number of aryl methyl sites for hydroxylation is 3. The van der Waals surface area contributed by atoms with Gasteiger partial charge < -0.3 is 10.3 Å². The number of nitrogens with two attached hydrogens (primary N) is 1. The van der Waals surface area contributed by atoms with E-state index in [0.717, 1.165) is 11.3 Å². The van der Waals surface area contributed by atoms with E-state index >= 15 is 0 Å². The molecule has 1 aromatic carbocycles. The Kier molecular flexibility index (Phi) is 2.31. The average molecular weight is 217 g/mol. The predicted octanol–water partition coefficient (Wildman–Crippen LogP) is 2.38. The molecule has 16 heavy (non-hydrogen) atoms. The maximum atomic E-state index is 6.13. The van der Waals surface area contributed by atoms with Gasteiger partial charge in [0.25, 0.3) is 0 Å². The van der Waals surface area contributed by atoms with Crippen molar-refractivity contribution >= 4 is 11.0 Å². The summed E-state index contributed by atoms with van der Waals surface area (Å²) >= 11 is 0. The van der Waals surface area contributed by atoms with E-state index in [1.165, 1.54) is 16.6 Å². The van der Waals surface area contributed by atoms with Gasteiger partial charge in [0, 0.05) is 7.05 Å². The first kappa shape index (κ1) is 11.1. The molecule has 0 bridgehead atoms. The summed E-state index contributed by atoms with van der Waals surface area (Å²) in [7, 11) is 2.03. The Balaban J connectivity index is 2.85. The minimum Gasteiger partial charge on any atom is -0.329 e. The van der Waals surface area contributed by atoms with Crippen LogP contribution in [0.25, 0.3) is 11.0 Å². The molecule has 0 aliphatic carbocycles. The van der Waals surface area contributed by atoms with E-state index in [0.29, 0.717) is 0 Å². The summed E-state index contributed by atoms with van der Waals surface area (Å²) < 4.78 is 2.11. The maximum absolute atomic E-state index is 6.13. The van der Waals surface area contributed by atoms with E-state index in [1.54, 1.807) is 0 Å². The van der Waals surface area contributed by atoms with Crippen molar-refractivity contribution in [3.8, 4) is 0 Å².